The van der Waals surface area contributed by atoms with Gasteiger partial charge in [0.25, 0.3) is 0 Å². The van der Waals surface area contributed by atoms with E-state index in [1.807, 2.05) is 33.0 Å². The largest absolute Gasteiger partial charge is 0.443 e. The zero-order valence-electron chi connectivity index (χ0n) is 15.7. The van der Waals surface area contributed by atoms with Crippen molar-refractivity contribution in [3.63, 3.8) is 0 Å². The number of nitrogens with zero attached hydrogens (tertiary/aromatic N) is 2. The fraction of sp³-hybridized carbons (Fsp3) is 0.364. The highest BCUT2D eigenvalue weighted by atomic mass is 16.6. The van der Waals surface area contributed by atoms with Crippen LogP contribution >= 0.6 is 0 Å². The van der Waals surface area contributed by atoms with Crippen molar-refractivity contribution in [3.05, 3.63) is 65.4 Å². The number of pyridine rings is 1. The minimum absolute atomic E-state index is 0.321. The number of amides is 1. The summed E-state index contributed by atoms with van der Waals surface area (Å²) in [4.78, 5) is 18.6. The van der Waals surface area contributed by atoms with Crippen LogP contribution in [0.2, 0.25) is 0 Å². The predicted octanol–water partition coefficient (Wildman–Crippen LogP) is 5.03. The molecule has 4 nitrogen and oxygen atoms in total. The lowest BCUT2D eigenvalue weighted by Gasteiger charge is -2.30. The van der Waals surface area contributed by atoms with Crippen LogP contribution in [0.5, 0.6) is 0 Å². The summed E-state index contributed by atoms with van der Waals surface area (Å²) in [5.41, 5.74) is 2.94. The van der Waals surface area contributed by atoms with E-state index in [-0.39, 0.29) is 6.09 Å². The number of fused-ring (bicyclic) bond motifs is 1. The highest BCUT2D eigenvalue weighted by molar-refractivity contribution is 5.88. The standard InChI is InChI=1S/C22H26N2O2/c1-22(2,3)26-21(25)24-14-8-13-19-15-18(16-23-20(19)24)12-7-11-17-9-5-4-6-10-17/h4-7,9-10,12,15-16H,8,11,13-14H2,1-3H3. The van der Waals surface area contributed by atoms with Crippen molar-refractivity contribution in [2.24, 2.45) is 0 Å². The second kappa shape index (κ2) is 7.73. The van der Waals surface area contributed by atoms with Gasteiger partial charge in [0.15, 0.2) is 0 Å². The van der Waals surface area contributed by atoms with Crippen LogP contribution in [0.15, 0.2) is 48.7 Å². The Kier molecular flexibility index (Phi) is 5.40. The van der Waals surface area contributed by atoms with Gasteiger partial charge >= 0.3 is 6.09 Å². The van der Waals surface area contributed by atoms with E-state index < -0.39 is 5.60 Å². The third-order valence-electron chi connectivity index (χ3n) is 4.17. The summed E-state index contributed by atoms with van der Waals surface area (Å²) < 4.78 is 5.51. The molecule has 0 unspecified atom stereocenters. The lowest BCUT2D eigenvalue weighted by Crippen LogP contribution is -2.40. The number of hydrogen-bond donors (Lipinski definition) is 0. The Morgan fingerprint density at radius 3 is 2.77 bits per heavy atom. The molecule has 0 bridgehead atoms. The minimum Gasteiger partial charge on any atom is -0.443 e. The second-order valence-corrected chi connectivity index (χ2v) is 7.58. The average Bonchev–Trinajstić information content (AvgIpc) is 2.60. The molecule has 0 atom stereocenters. The maximum atomic E-state index is 12.4. The van der Waals surface area contributed by atoms with Crippen LogP contribution in [-0.2, 0) is 17.6 Å². The number of aromatic nitrogens is 1. The molecule has 0 saturated carbocycles. The summed E-state index contributed by atoms with van der Waals surface area (Å²) in [6.07, 6.45) is 8.48. The number of benzene rings is 1. The molecule has 0 saturated heterocycles. The molecule has 1 aliphatic heterocycles. The van der Waals surface area contributed by atoms with Gasteiger partial charge in [0.05, 0.1) is 0 Å². The topological polar surface area (TPSA) is 42.4 Å². The van der Waals surface area contributed by atoms with E-state index in [4.69, 9.17) is 4.74 Å². The van der Waals surface area contributed by atoms with E-state index in [1.165, 1.54) is 5.56 Å². The van der Waals surface area contributed by atoms with E-state index in [0.29, 0.717) is 6.54 Å². The zero-order valence-corrected chi connectivity index (χ0v) is 15.7. The Morgan fingerprint density at radius 1 is 1.27 bits per heavy atom. The summed E-state index contributed by atoms with van der Waals surface area (Å²) in [5, 5.41) is 0. The summed E-state index contributed by atoms with van der Waals surface area (Å²) in [6.45, 7) is 6.29. The van der Waals surface area contributed by atoms with Crippen LogP contribution < -0.4 is 4.90 Å². The molecule has 1 aliphatic rings. The number of ether oxygens (including phenoxy) is 1. The SMILES string of the molecule is CC(C)(C)OC(=O)N1CCCc2cc(C=CCc3ccccc3)cnc21. The van der Waals surface area contributed by atoms with Crippen molar-refractivity contribution in [1.82, 2.24) is 4.98 Å². The second-order valence-electron chi connectivity index (χ2n) is 7.58. The van der Waals surface area contributed by atoms with Gasteiger partial charge in [0, 0.05) is 12.7 Å². The van der Waals surface area contributed by atoms with Crippen molar-refractivity contribution >= 4 is 18.0 Å². The molecule has 0 N–H and O–H groups in total. The van der Waals surface area contributed by atoms with E-state index in [0.717, 1.165) is 36.2 Å². The molecule has 3 rings (SSSR count). The number of aryl methyl sites for hydroxylation is 1. The molecule has 0 fully saturated rings. The first-order valence-corrected chi connectivity index (χ1v) is 9.12. The number of carbonyl (C=O) groups excluding carboxylic acids is 1. The van der Waals surface area contributed by atoms with Gasteiger partial charge in [-0.05, 0) is 62.8 Å². The van der Waals surface area contributed by atoms with Crippen molar-refractivity contribution in [2.75, 3.05) is 11.4 Å². The number of anilines is 1. The molecule has 1 amide bonds. The smallest absolute Gasteiger partial charge is 0.416 e. The maximum Gasteiger partial charge on any atom is 0.416 e. The van der Waals surface area contributed by atoms with Crippen LogP contribution in [0, 0.1) is 0 Å². The van der Waals surface area contributed by atoms with E-state index in [9.17, 15) is 4.79 Å². The van der Waals surface area contributed by atoms with Crippen LogP contribution in [0.25, 0.3) is 6.08 Å². The predicted molar refractivity (Wildman–Crippen MR) is 105 cm³/mol. The lowest BCUT2D eigenvalue weighted by atomic mass is 10.0. The summed E-state index contributed by atoms with van der Waals surface area (Å²) in [6, 6.07) is 12.5. The van der Waals surface area contributed by atoms with Crippen LogP contribution in [0.1, 0.15) is 43.9 Å². The molecule has 1 aromatic heterocycles. The molecule has 136 valence electrons. The molecular weight excluding hydrogens is 324 g/mol. The van der Waals surface area contributed by atoms with Gasteiger partial charge in [-0.3, -0.25) is 4.90 Å². The fourth-order valence-corrected chi connectivity index (χ4v) is 3.01. The van der Waals surface area contributed by atoms with Gasteiger partial charge < -0.3 is 4.74 Å². The van der Waals surface area contributed by atoms with Crippen LogP contribution in [-0.4, -0.2) is 23.2 Å². The Hall–Kier alpha value is -2.62. The highest BCUT2D eigenvalue weighted by Gasteiger charge is 2.28. The molecule has 1 aromatic carbocycles. The fourth-order valence-electron chi connectivity index (χ4n) is 3.01. The quantitative estimate of drug-likeness (QED) is 0.780. The monoisotopic (exact) mass is 350 g/mol. The first-order valence-electron chi connectivity index (χ1n) is 9.12. The molecule has 0 aliphatic carbocycles. The average molecular weight is 350 g/mol. The Bertz CT molecular complexity index is 792. The summed E-state index contributed by atoms with van der Waals surface area (Å²) in [7, 11) is 0. The Morgan fingerprint density at radius 2 is 2.04 bits per heavy atom. The first-order chi connectivity index (χ1) is 12.4. The first kappa shape index (κ1) is 18.2. The number of carbonyl (C=O) groups is 1. The van der Waals surface area contributed by atoms with Crippen molar-refractivity contribution in [2.45, 2.75) is 45.6 Å². The maximum absolute atomic E-state index is 12.4. The Labute approximate surface area is 155 Å². The van der Waals surface area contributed by atoms with Crippen LogP contribution in [0.3, 0.4) is 0 Å². The van der Waals surface area contributed by atoms with Crippen molar-refractivity contribution < 1.29 is 9.53 Å². The number of hydrogen-bond acceptors (Lipinski definition) is 3. The molecule has 26 heavy (non-hydrogen) atoms. The van der Waals surface area contributed by atoms with Gasteiger partial charge in [-0.15, -0.1) is 0 Å². The van der Waals surface area contributed by atoms with Crippen LogP contribution in [0.4, 0.5) is 10.6 Å². The molecular formula is C22H26N2O2. The normalized spacial score (nSPS) is 14.3. The lowest BCUT2D eigenvalue weighted by molar-refractivity contribution is 0.0576. The van der Waals surface area contributed by atoms with Gasteiger partial charge in [-0.25, -0.2) is 9.78 Å². The third-order valence-corrected chi connectivity index (χ3v) is 4.17. The molecule has 0 radical (unpaired) electrons. The molecule has 2 heterocycles. The van der Waals surface area contributed by atoms with E-state index in [2.05, 4.69) is 47.5 Å². The van der Waals surface area contributed by atoms with Gasteiger partial charge in [0.2, 0.25) is 0 Å². The molecule has 2 aromatic rings. The van der Waals surface area contributed by atoms with Gasteiger partial charge in [0.1, 0.15) is 11.4 Å². The van der Waals surface area contributed by atoms with Gasteiger partial charge in [-0.2, -0.15) is 0 Å². The van der Waals surface area contributed by atoms with E-state index in [1.54, 1.807) is 4.90 Å². The third kappa shape index (κ3) is 4.72. The number of rotatable bonds is 3. The summed E-state index contributed by atoms with van der Waals surface area (Å²) in [5.74, 6) is 0.728. The zero-order chi connectivity index (χ0) is 18.6. The summed E-state index contributed by atoms with van der Waals surface area (Å²) >= 11 is 0. The van der Waals surface area contributed by atoms with Gasteiger partial charge in [-0.1, -0.05) is 42.5 Å². The minimum atomic E-state index is -0.505. The van der Waals surface area contributed by atoms with Crippen molar-refractivity contribution in [1.29, 1.82) is 0 Å². The van der Waals surface area contributed by atoms with Crippen molar-refractivity contribution in [3.8, 4) is 0 Å². The van der Waals surface area contributed by atoms with E-state index >= 15 is 0 Å². The number of allylic oxidation sites excluding steroid dienone is 1. The molecule has 0 spiro atoms. The Balaban J connectivity index is 1.72. The molecule has 4 heteroatoms. The highest BCUT2D eigenvalue weighted by Crippen LogP contribution is 2.27.